The van der Waals surface area contributed by atoms with Gasteiger partial charge in [-0.25, -0.2) is 0 Å². The molecule has 22 heavy (non-hydrogen) atoms. The normalized spacial score (nSPS) is 19.1. The molecule has 1 saturated carbocycles. The summed E-state index contributed by atoms with van der Waals surface area (Å²) >= 11 is 6.09. The Labute approximate surface area is 134 Å². The van der Waals surface area contributed by atoms with Crippen molar-refractivity contribution in [3.05, 3.63) is 22.7 Å². The third-order valence-electron chi connectivity index (χ3n) is 4.44. The van der Waals surface area contributed by atoms with Crippen molar-refractivity contribution in [3.63, 3.8) is 0 Å². The van der Waals surface area contributed by atoms with Crippen LogP contribution in [0.1, 0.15) is 37.0 Å². The molecule has 6 heteroatoms. The van der Waals surface area contributed by atoms with Crippen molar-refractivity contribution in [2.45, 2.75) is 32.8 Å². The molecular weight excluding hydrogens is 306 g/mol. The summed E-state index contributed by atoms with van der Waals surface area (Å²) in [5, 5.41) is 13.5. The van der Waals surface area contributed by atoms with E-state index in [-0.39, 0.29) is 24.0 Å². The van der Waals surface area contributed by atoms with Crippen LogP contribution < -0.4 is 14.8 Å². The molecule has 1 atom stereocenters. The van der Waals surface area contributed by atoms with E-state index >= 15 is 0 Å². The molecule has 0 bridgehead atoms. The lowest BCUT2D eigenvalue weighted by molar-refractivity contribution is 0.0490. The molecule has 120 valence electrons. The van der Waals surface area contributed by atoms with Crippen LogP contribution in [0, 0.1) is 11.3 Å². The van der Waals surface area contributed by atoms with Crippen molar-refractivity contribution in [1.29, 1.82) is 0 Å². The largest absolute Gasteiger partial charge is 0.454 e. The second-order valence-electron chi connectivity index (χ2n) is 6.43. The molecule has 1 amide bonds. The van der Waals surface area contributed by atoms with Crippen molar-refractivity contribution in [3.8, 4) is 11.5 Å². The number of aliphatic hydroxyl groups is 1. The lowest BCUT2D eigenvalue weighted by atomic mass is 9.90. The Hall–Kier alpha value is -1.46. The van der Waals surface area contributed by atoms with Crippen LogP contribution in [-0.2, 0) is 0 Å². The van der Waals surface area contributed by atoms with Crippen LogP contribution in [0.15, 0.2) is 12.1 Å². The number of amides is 1. The topological polar surface area (TPSA) is 67.8 Å². The van der Waals surface area contributed by atoms with Gasteiger partial charge in [0.15, 0.2) is 11.5 Å². The van der Waals surface area contributed by atoms with Crippen molar-refractivity contribution in [1.82, 2.24) is 5.32 Å². The monoisotopic (exact) mass is 325 g/mol. The maximum atomic E-state index is 12.3. The molecule has 0 saturated heterocycles. The molecular formula is C16H20ClNO4. The number of hydrogen-bond donors (Lipinski definition) is 2. The first-order chi connectivity index (χ1) is 10.4. The van der Waals surface area contributed by atoms with Crippen LogP contribution in [0.3, 0.4) is 0 Å². The van der Waals surface area contributed by atoms with Crippen molar-refractivity contribution >= 4 is 17.5 Å². The summed E-state index contributed by atoms with van der Waals surface area (Å²) in [6.07, 6.45) is 1.48. The smallest absolute Gasteiger partial charge is 0.251 e. The number of ether oxygens (including phenoxy) is 2. The van der Waals surface area contributed by atoms with E-state index in [2.05, 4.69) is 5.32 Å². The lowest BCUT2D eigenvalue weighted by Crippen LogP contribution is -2.38. The zero-order valence-corrected chi connectivity index (χ0v) is 13.4. The van der Waals surface area contributed by atoms with Gasteiger partial charge in [0.2, 0.25) is 6.79 Å². The molecule has 1 aliphatic heterocycles. The molecule has 2 N–H and O–H groups in total. The van der Waals surface area contributed by atoms with E-state index < -0.39 is 6.10 Å². The Morgan fingerprint density at radius 2 is 2.14 bits per heavy atom. The highest BCUT2D eigenvalue weighted by molar-refractivity contribution is 6.32. The number of rotatable bonds is 5. The molecule has 0 unspecified atom stereocenters. The van der Waals surface area contributed by atoms with E-state index in [0.29, 0.717) is 28.6 Å². The van der Waals surface area contributed by atoms with E-state index in [0.717, 1.165) is 12.8 Å². The molecule has 0 spiro atoms. The van der Waals surface area contributed by atoms with Gasteiger partial charge in [0.25, 0.3) is 5.91 Å². The third kappa shape index (κ3) is 2.75. The van der Waals surface area contributed by atoms with Gasteiger partial charge in [0, 0.05) is 17.5 Å². The number of nitrogens with one attached hydrogen (secondary N) is 1. The maximum Gasteiger partial charge on any atom is 0.251 e. The zero-order chi connectivity index (χ0) is 15.9. The summed E-state index contributed by atoms with van der Waals surface area (Å²) in [6.45, 7) is 4.56. The first-order valence-electron chi connectivity index (χ1n) is 7.48. The lowest BCUT2D eigenvalue weighted by Gasteiger charge is -2.25. The van der Waals surface area contributed by atoms with Gasteiger partial charge in [0.05, 0.1) is 11.1 Å². The molecule has 1 fully saturated rings. The number of benzene rings is 1. The molecule has 5 nitrogen and oxygen atoms in total. The van der Waals surface area contributed by atoms with Gasteiger partial charge >= 0.3 is 0 Å². The summed E-state index contributed by atoms with van der Waals surface area (Å²) in [7, 11) is 0. The Morgan fingerprint density at radius 1 is 1.41 bits per heavy atom. The number of carbonyl (C=O) groups is 1. The number of halogens is 1. The number of hydrogen-bond acceptors (Lipinski definition) is 4. The number of carbonyl (C=O) groups excluding carboxylic acids is 1. The Morgan fingerprint density at radius 3 is 2.77 bits per heavy atom. The molecule has 3 rings (SSSR count). The van der Waals surface area contributed by atoms with E-state index in [4.69, 9.17) is 21.1 Å². The van der Waals surface area contributed by atoms with Crippen LogP contribution in [-0.4, -0.2) is 30.5 Å². The fraction of sp³-hybridized carbons (Fsp3) is 0.562. The first-order valence-corrected chi connectivity index (χ1v) is 7.86. The predicted octanol–water partition coefficient (Wildman–Crippen LogP) is 2.60. The number of fused-ring (bicyclic) bond motifs is 1. The fourth-order valence-electron chi connectivity index (χ4n) is 2.90. The van der Waals surface area contributed by atoms with E-state index in [1.807, 2.05) is 13.8 Å². The minimum absolute atomic E-state index is 0.115. The van der Waals surface area contributed by atoms with Gasteiger partial charge < -0.3 is 19.9 Å². The average molecular weight is 326 g/mol. The van der Waals surface area contributed by atoms with Gasteiger partial charge in [-0.05, 0) is 30.9 Å². The van der Waals surface area contributed by atoms with Crippen molar-refractivity contribution in [2.24, 2.45) is 11.3 Å². The molecule has 0 aromatic heterocycles. The van der Waals surface area contributed by atoms with Gasteiger partial charge in [-0.1, -0.05) is 25.4 Å². The van der Waals surface area contributed by atoms with E-state index in [9.17, 15) is 9.90 Å². The highest BCUT2D eigenvalue weighted by Gasteiger charge is 2.49. The second-order valence-corrected chi connectivity index (χ2v) is 6.83. The van der Waals surface area contributed by atoms with E-state index in [1.165, 1.54) is 0 Å². The minimum Gasteiger partial charge on any atom is -0.454 e. The van der Waals surface area contributed by atoms with Crippen LogP contribution >= 0.6 is 11.6 Å². The standard InChI is InChI=1S/C16H20ClNO4/c1-9(2)14(19)16(3-4-16)7-18-15(20)10-5-11(17)13-12(6-10)21-8-22-13/h5-6,9,14,19H,3-4,7-8H2,1-2H3,(H,18,20)/t14-/m0/s1. The van der Waals surface area contributed by atoms with Crippen LogP contribution in [0.25, 0.3) is 0 Å². The Balaban J connectivity index is 1.67. The maximum absolute atomic E-state index is 12.3. The van der Waals surface area contributed by atoms with E-state index in [1.54, 1.807) is 12.1 Å². The number of aliphatic hydroxyl groups excluding tert-OH is 1. The van der Waals surface area contributed by atoms with Crippen molar-refractivity contribution < 1.29 is 19.4 Å². The summed E-state index contributed by atoms with van der Waals surface area (Å²) < 4.78 is 10.5. The summed E-state index contributed by atoms with van der Waals surface area (Å²) in [5.74, 6) is 0.926. The van der Waals surface area contributed by atoms with Crippen LogP contribution in [0.2, 0.25) is 5.02 Å². The quantitative estimate of drug-likeness (QED) is 0.873. The highest BCUT2D eigenvalue weighted by Crippen LogP contribution is 2.50. The molecule has 1 heterocycles. The van der Waals surface area contributed by atoms with Crippen molar-refractivity contribution in [2.75, 3.05) is 13.3 Å². The minimum atomic E-state index is -0.395. The third-order valence-corrected chi connectivity index (χ3v) is 4.72. The van der Waals surface area contributed by atoms with Crippen LogP contribution in [0.4, 0.5) is 0 Å². The average Bonchev–Trinajstić information content (AvgIpc) is 3.12. The fourth-order valence-corrected chi connectivity index (χ4v) is 3.17. The SMILES string of the molecule is CC(C)[C@H](O)C1(CNC(=O)c2cc(Cl)c3c(c2)OCO3)CC1. The van der Waals surface area contributed by atoms with Gasteiger partial charge in [-0.3, -0.25) is 4.79 Å². The Bertz CT molecular complexity index is 598. The predicted molar refractivity (Wildman–Crippen MR) is 82.4 cm³/mol. The van der Waals surface area contributed by atoms with Gasteiger partial charge in [0.1, 0.15) is 0 Å². The molecule has 0 radical (unpaired) electrons. The van der Waals surface area contributed by atoms with Crippen LogP contribution in [0.5, 0.6) is 11.5 Å². The second kappa shape index (κ2) is 5.63. The zero-order valence-electron chi connectivity index (χ0n) is 12.7. The molecule has 1 aromatic carbocycles. The summed E-state index contributed by atoms with van der Waals surface area (Å²) in [6, 6.07) is 3.20. The molecule has 1 aliphatic carbocycles. The molecule has 2 aliphatic rings. The van der Waals surface area contributed by atoms with Gasteiger partial charge in [-0.2, -0.15) is 0 Å². The summed E-state index contributed by atoms with van der Waals surface area (Å²) in [4.78, 5) is 12.3. The highest BCUT2D eigenvalue weighted by atomic mass is 35.5. The van der Waals surface area contributed by atoms with Gasteiger partial charge in [-0.15, -0.1) is 0 Å². The molecule has 1 aromatic rings. The Kier molecular flexibility index (Phi) is 3.95. The first kappa shape index (κ1) is 15.4. The summed E-state index contributed by atoms with van der Waals surface area (Å²) in [5.41, 5.74) is 0.258.